The predicted octanol–water partition coefficient (Wildman–Crippen LogP) is 3.09. The molecule has 126 valence electrons. The van der Waals surface area contributed by atoms with Gasteiger partial charge in [0, 0.05) is 25.2 Å². The minimum absolute atomic E-state index is 0.0872. The second-order valence-corrected chi connectivity index (χ2v) is 5.18. The van der Waals surface area contributed by atoms with E-state index in [-0.39, 0.29) is 24.7 Å². The van der Waals surface area contributed by atoms with Crippen molar-refractivity contribution in [1.29, 1.82) is 0 Å². The molecule has 0 spiro atoms. The maximum Gasteiger partial charge on any atom is 0.244 e. The van der Waals surface area contributed by atoms with Crippen molar-refractivity contribution in [2.45, 2.75) is 13.5 Å². The summed E-state index contributed by atoms with van der Waals surface area (Å²) in [5.41, 5.74) is 0.747. The van der Waals surface area contributed by atoms with Gasteiger partial charge in [0.1, 0.15) is 12.4 Å². The summed E-state index contributed by atoms with van der Waals surface area (Å²) in [7, 11) is 0. The summed E-state index contributed by atoms with van der Waals surface area (Å²) in [5.74, 6) is -3.40. The summed E-state index contributed by atoms with van der Waals surface area (Å²) >= 11 is 0. The highest BCUT2D eigenvalue weighted by atomic mass is 19.2. The standard InChI is InChI=1S/C17H15F3N2O2/c1-11(23)22(9-12-2-4-13(18)5-3-12)10-17(24)21-14-6-7-15(19)16(20)8-14/h2-8H,9-10H2,1H3,(H,21,24). The minimum atomic E-state index is -1.08. The average molecular weight is 336 g/mol. The normalized spacial score (nSPS) is 10.3. The quantitative estimate of drug-likeness (QED) is 0.912. The molecule has 4 nitrogen and oxygen atoms in total. The maximum absolute atomic E-state index is 13.1. The molecular weight excluding hydrogens is 321 g/mol. The molecule has 0 unspecified atom stereocenters. The molecule has 0 saturated heterocycles. The zero-order chi connectivity index (χ0) is 17.7. The van der Waals surface area contributed by atoms with E-state index in [1.807, 2.05) is 0 Å². The predicted molar refractivity (Wildman–Crippen MR) is 82.5 cm³/mol. The van der Waals surface area contributed by atoms with Crippen LogP contribution in [0.25, 0.3) is 0 Å². The Labute approximate surface area is 136 Å². The van der Waals surface area contributed by atoms with Gasteiger partial charge in [0.2, 0.25) is 11.8 Å². The second-order valence-electron chi connectivity index (χ2n) is 5.18. The fraction of sp³-hybridized carbons (Fsp3) is 0.176. The molecule has 24 heavy (non-hydrogen) atoms. The monoisotopic (exact) mass is 336 g/mol. The van der Waals surface area contributed by atoms with Gasteiger partial charge in [-0.15, -0.1) is 0 Å². The van der Waals surface area contributed by atoms with Gasteiger partial charge in [-0.05, 0) is 29.8 Å². The Hall–Kier alpha value is -2.83. The molecule has 0 heterocycles. The number of carbonyl (C=O) groups excluding carboxylic acids is 2. The lowest BCUT2D eigenvalue weighted by molar-refractivity contribution is -0.133. The van der Waals surface area contributed by atoms with Crippen LogP contribution in [0.15, 0.2) is 42.5 Å². The van der Waals surface area contributed by atoms with Gasteiger partial charge in [-0.25, -0.2) is 13.2 Å². The van der Waals surface area contributed by atoms with Crippen molar-refractivity contribution in [3.63, 3.8) is 0 Å². The van der Waals surface area contributed by atoms with Crippen LogP contribution in [0.2, 0.25) is 0 Å². The summed E-state index contributed by atoms with van der Waals surface area (Å²) in [4.78, 5) is 24.9. The SMILES string of the molecule is CC(=O)N(CC(=O)Nc1ccc(F)c(F)c1)Cc1ccc(F)cc1. The second kappa shape index (κ2) is 7.63. The Kier molecular flexibility index (Phi) is 5.57. The van der Waals surface area contributed by atoms with Crippen molar-refractivity contribution in [2.75, 3.05) is 11.9 Å². The summed E-state index contributed by atoms with van der Waals surface area (Å²) in [6.45, 7) is 1.15. The van der Waals surface area contributed by atoms with Crippen LogP contribution in [0.4, 0.5) is 18.9 Å². The van der Waals surface area contributed by atoms with Gasteiger partial charge < -0.3 is 10.2 Å². The zero-order valence-electron chi connectivity index (χ0n) is 12.9. The smallest absolute Gasteiger partial charge is 0.244 e. The van der Waals surface area contributed by atoms with Gasteiger partial charge in [0.25, 0.3) is 0 Å². The summed E-state index contributed by atoms with van der Waals surface area (Å²) in [6, 6.07) is 8.51. The van der Waals surface area contributed by atoms with Crippen molar-refractivity contribution in [1.82, 2.24) is 4.90 Å². The fourth-order valence-electron chi connectivity index (χ4n) is 2.04. The van der Waals surface area contributed by atoms with Crippen LogP contribution in [0.5, 0.6) is 0 Å². The summed E-state index contributed by atoms with van der Waals surface area (Å²) in [5, 5.41) is 2.39. The maximum atomic E-state index is 13.1. The molecule has 0 fully saturated rings. The Morgan fingerprint density at radius 2 is 1.67 bits per heavy atom. The lowest BCUT2D eigenvalue weighted by Crippen LogP contribution is -2.36. The first-order valence-corrected chi connectivity index (χ1v) is 7.10. The van der Waals surface area contributed by atoms with Crippen molar-refractivity contribution < 1.29 is 22.8 Å². The number of amides is 2. The molecule has 0 atom stereocenters. The first-order valence-electron chi connectivity index (χ1n) is 7.10. The van der Waals surface area contributed by atoms with Crippen LogP contribution in [0.1, 0.15) is 12.5 Å². The van der Waals surface area contributed by atoms with Crippen LogP contribution in [-0.2, 0) is 16.1 Å². The van der Waals surface area contributed by atoms with E-state index in [4.69, 9.17) is 0 Å². The number of hydrogen-bond acceptors (Lipinski definition) is 2. The molecule has 0 aliphatic rings. The molecule has 0 aliphatic carbocycles. The first kappa shape index (κ1) is 17.5. The molecule has 0 aromatic heterocycles. The van der Waals surface area contributed by atoms with Crippen LogP contribution < -0.4 is 5.32 Å². The highest BCUT2D eigenvalue weighted by Crippen LogP contribution is 2.13. The number of benzene rings is 2. The number of hydrogen-bond donors (Lipinski definition) is 1. The Bertz CT molecular complexity index is 748. The molecule has 0 radical (unpaired) electrons. The van der Waals surface area contributed by atoms with Crippen LogP contribution in [0.3, 0.4) is 0 Å². The lowest BCUT2D eigenvalue weighted by Gasteiger charge is -2.20. The molecule has 2 rings (SSSR count). The van der Waals surface area contributed by atoms with Gasteiger partial charge in [-0.2, -0.15) is 0 Å². The summed E-state index contributed by atoms with van der Waals surface area (Å²) < 4.78 is 38.9. The molecule has 0 aliphatic heterocycles. The van der Waals surface area contributed by atoms with Gasteiger partial charge in [-0.3, -0.25) is 9.59 Å². The number of rotatable bonds is 5. The third kappa shape index (κ3) is 4.84. The zero-order valence-corrected chi connectivity index (χ0v) is 12.9. The van der Waals surface area contributed by atoms with E-state index in [9.17, 15) is 22.8 Å². The van der Waals surface area contributed by atoms with E-state index in [1.54, 1.807) is 0 Å². The molecular formula is C17H15F3N2O2. The van der Waals surface area contributed by atoms with E-state index in [0.29, 0.717) is 5.56 Å². The van der Waals surface area contributed by atoms with Crippen molar-refractivity contribution >= 4 is 17.5 Å². The van der Waals surface area contributed by atoms with Crippen molar-refractivity contribution in [2.24, 2.45) is 0 Å². The van der Waals surface area contributed by atoms with Crippen molar-refractivity contribution in [3.8, 4) is 0 Å². The third-order valence-electron chi connectivity index (χ3n) is 3.27. The molecule has 0 saturated carbocycles. The summed E-state index contributed by atoms with van der Waals surface area (Å²) in [6.07, 6.45) is 0. The number of nitrogens with zero attached hydrogens (tertiary/aromatic N) is 1. The van der Waals surface area contributed by atoms with Gasteiger partial charge in [-0.1, -0.05) is 12.1 Å². The lowest BCUT2D eigenvalue weighted by atomic mass is 10.2. The minimum Gasteiger partial charge on any atom is -0.329 e. The van der Waals surface area contributed by atoms with Crippen LogP contribution in [0, 0.1) is 17.5 Å². The average Bonchev–Trinajstić information content (AvgIpc) is 2.52. The molecule has 0 bridgehead atoms. The third-order valence-corrected chi connectivity index (χ3v) is 3.27. The largest absolute Gasteiger partial charge is 0.329 e. The number of halogens is 3. The van der Waals surface area contributed by atoms with E-state index in [1.165, 1.54) is 42.2 Å². The van der Waals surface area contributed by atoms with Gasteiger partial charge in [0.05, 0.1) is 0 Å². The fourth-order valence-corrected chi connectivity index (χ4v) is 2.04. The van der Waals surface area contributed by atoms with Gasteiger partial charge >= 0.3 is 0 Å². The topological polar surface area (TPSA) is 49.4 Å². The van der Waals surface area contributed by atoms with E-state index in [0.717, 1.165) is 12.1 Å². The highest BCUT2D eigenvalue weighted by Gasteiger charge is 2.15. The van der Waals surface area contributed by atoms with E-state index in [2.05, 4.69) is 5.32 Å². The number of anilines is 1. The molecule has 2 aromatic rings. The van der Waals surface area contributed by atoms with Crippen LogP contribution in [-0.4, -0.2) is 23.3 Å². The first-order chi connectivity index (χ1) is 11.3. The van der Waals surface area contributed by atoms with E-state index >= 15 is 0 Å². The number of carbonyl (C=O) groups is 2. The Morgan fingerprint density at radius 1 is 1.00 bits per heavy atom. The molecule has 1 N–H and O–H groups in total. The molecule has 7 heteroatoms. The highest BCUT2D eigenvalue weighted by molar-refractivity contribution is 5.94. The Balaban J connectivity index is 2.01. The van der Waals surface area contributed by atoms with Crippen LogP contribution >= 0.6 is 0 Å². The van der Waals surface area contributed by atoms with Crippen molar-refractivity contribution in [3.05, 3.63) is 65.5 Å². The Morgan fingerprint density at radius 3 is 2.25 bits per heavy atom. The van der Waals surface area contributed by atoms with E-state index < -0.39 is 23.4 Å². The molecule has 2 amide bonds. The van der Waals surface area contributed by atoms with Gasteiger partial charge in [0.15, 0.2) is 11.6 Å². The number of nitrogens with one attached hydrogen (secondary N) is 1. The molecule has 2 aromatic carbocycles.